The Labute approximate surface area is 165 Å². The van der Waals surface area contributed by atoms with Gasteiger partial charge in [-0.15, -0.1) is 0 Å². The maximum atomic E-state index is 13.9. The molecule has 3 aromatic rings. The zero-order valence-corrected chi connectivity index (χ0v) is 15.7. The van der Waals surface area contributed by atoms with Gasteiger partial charge in [-0.3, -0.25) is 0 Å². The van der Waals surface area contributed by atoms with Crippen molar-refractivity contribution in [2.45, 2.75) is 25.7 Å². The number of para-hydroxylation sites is 1. The molecular weight excluding hydrogens is 353 g/mol. The normalized spacial score (nSPS) is 16.2. The predicted molar refractivity (Wildman–Crippen MR) is 109 cm³/mol. The smallest absolute Gasteiger partial charge is 0.127 e. The van der Waals surface area contributed by atoms with Gasteiger partial charge in [0.2, 0.25) is 0 Å². The van der Waals surface area contributed by atoms with Crippen LogP contribution in [0.4, 0.5) is 4.39 Å². The highest BCUT2D eigenvalue weighted by atomic mass is 19.1. The van der Waals surface area contributed by atoms with Gasteiger partial charge in [0.15, 0.2) is 0 Å². The summed E-state index contributed by atoms with van der Waals surface area (Å²) < 4.78 is 26.0. The van der Waals surface area contributed by atoms with Crippen LogP contribution in [0.2, 0.25) is 0 Å². The van der Waals surface area contributed by atoms with E-state index in [9.17, 15) is 4.39 Å². The van der Waals surface area contributed by atoms with Crippen molar-refractivity contribution in [3.8, 4) is 16.9 Å². The fourth-order valence-corrected chi connectivity index (χ4v) is 3.47. The fraction of sp³-hybridized carbons (Fsp3) is 0.250. The van der Waals surface area contributed by atoms with Crippen molar-refractivity contribution in [3.05, 3.63) is 89.7 Å². The first-order valence-electron chi connectivity index (χ1n) is 9.66. The van der Waals surface area contributed by atoms with Crippen LogP contribution in [0, 0.1) is 5.82 Å². The Hall–Kier alpha value is -2.69. The van der Waals surface area contributed by atoms with Crippen molar-refractivity contribution in [1.29, 1.82) is 0 Å². The Kier molecular flexibility index (Phi) is 6.00. The Bertz CT molecular complexity index is 907. The minimum absolute atomic E-state index is 0.181. The molecule has 28 heavy (non-hydrogen) atoms. The van der Waals surface area contributed by atoms with E-state index in [0.29, 0.717) is 13.2 Å². The van der Waals surface area contributed by atoms with Gasteiger partial charge in [0.05, 0.1) is 12.7 Å². The molecular formula is C24H24FNO2. The first kappa shape index (κ1) is 18.7. The van der Waals surface area contributed by atoms with E-state index >= 15 is 0 Å². The lowest BCUT2D eigenvalue weighted by Crippen LogP contribution is -2.16. The third-order valence-electron chi connectivity index (χ3n) is 4.97. The molecule has 1 aliphatic heterocycles. The molecule has 0 aliphatic carbocycles. The summed E-state index contributed by atoms with van der Waals surface area (Å²) >= 11 is 0. The van der Waals surface area contributed by atoms with Crippen LogP contribution in [0.25, 0.3) is 11.1 Å². The lowest BCUT2D eigenvalue weighted by molar-refractivity contribution is 0.0543. The maximum Gasteiger partial charge on any atom is 0.127 e. The van der Waals surface area contributed by atoms with Gasteiger partial charge < -0.3 is 14.8 Å². The lowest BCUT2D eigenvalue weighted by Gasteiger charge is -2.17. The van der Waals surface area contributed by atoms with Crippen molar-refractivity contribution < 1.29 is 13.9 Å². The second-order valence-corrected chi connectivity index (χ2v) is 7.00. The summed E-state index contributed by atoms with van der Waals surface area (Å²) in [7, 11) is 0. The van der Waals surface area contributed by atoms with Gasteiger partial charge in [0.25, 0.3) is 0 Å². The second kappa shape index (κ2) is 9.00. The number of ether oxygens (including phenoxy) is 2. The quantitative estimate of drug-likeness (QED) is 0.632. The third-order valence-corrected chi connectivity index (χ3v) is 4.97. The molecule has 0 amide bonds. The van der Waals surface area contributed by atoms with E-state index in [1.54, 1.807) is 6.07 Å². The standard InChI is InChI=1S/C24H24FNO2/c25-20-10-11-22(19(14-20)17-27-21-12-13-26-15-21)23-8-4-5-9-24(23)28-16-18-6-2-1-3-7-18/h1-11,14,21,26H,12-13,15-17H2. The van der Waals surface area contributed by atoms with Crippen LogP contribution in [-0.2, 0) is 18.0 Å². The highest BCUT2D eigenvalue weighted by Gasteiger charge is 2.17. The number of hydrogen-bond acceptors (Lipinski definition) is 3. The average molecular weight is 377 g/mol. The summed E-state index contributed by atoms with van der Waals surface area (Å²) in [6, 6.07) is 22.8. The Morgan fingerprint density at radius 2 is 1.71 bits per heavy atom. The van der Waals surface area contributed by atoms with Crippen molar-refractivity contribution in [2.24, 2.45) is 0 Å². The molecule has 1 atom stereocenters. The molecule has 1 aliphatic rings. The lowest BCUT2D eigenvalue weighted by atomic mass is 9.99. The highest BCUT2D eigenvalue weighted by Crippen LogP contribution is 2.34. The van der Waals surface area contributed by atoms with Crippen LogP contribution in [0.15, 0.2) is 72.8 Å². The van der Waals surface area contributed by atoms with Crippen LogP contribution in [-0.4, -0.2) is 19.2 Å². The van der Waals surface area contributed by atoms with Crippen LogP contribution < -0.4 is 10.1 Å². The predicted octanol–water partition coefficient (Wildman–Crippen LogP) is 4.95. The van der Waals surface area contributed by atoms with Gasteiger partial charge in [-0.2, -0.15) is 0 Å². The van der Waals surface area contributed by atoms with E-state index in [-0.39, 0.29) is 11.9 Å². The minimum atomic E-state index is -0.255. The molecule has 0 saturated carbocycles. The molecule has 3 nitrogen and oxygen atoms in total. The molecule has 1 saturated heterocycles. The van der Waals surface area contributed by atoms with Gasteiger partial charge >= 0.3 is 0 Å². The Balaban J connectivity index is 1.57. The summed E-state index contributed by atoms with van der Waals surface area (Å²) in [5.74, 6) is 0.524. The average Bonchev–Trinajstić information content (AvgIpc) is 3.26. The molecule has 144 valence electrons. The maximum absolute atomic E-state index is 13.9. The molecule has 0 spiro atoms. The van der Waals surface area contributed by atoms with E-state index in [2.05, 4.69) is 5.32 Å². The summed E-state index contributed by atoms with van der Waals surface area (Å²) in [6.07, 6.45) is 1.17. The van der Waals surface area contributed by atoms with Crippen LogP contribution in [0.5, 0.6) is 5.75 Å². The SMILES string of the molecule is Fc1ccc(-c2ccccc2OCc2ccccc2)c(COC2CCNC2)c1. The monoisotopic (exact) mass is 377 g/mol. The van der Waals surface area contributed by atoms with Crippen LogP contribution in [0.1, 0.15) is 17.5 Å². The van der Waals surface area contributed by atoms with Gasteiger partial charge in [0, 0.05) is 12.1 Å². The van der Waals surface area contributed by atoms with Gasteiger partial charge in [-0.1, -0.05) is 54.6 Å². The van der Waals surface area contributed by atoms with Crippen molar-refractivity contribution >= 4 is 0 Å². The molecule has 4 heteroatoms. The molecule has 0 radical (unpaired) electrons. The zero-order valence-electron chi connectivity index (χ0n) is 15.7. The van der Waals surface area contributed by atoms with Crippen molar-refractivity contribution in [2.75, 3.05) is 13.1 Å². The molecule has 0 bridgehead atoms. The first-order valence-corrected chi connectivity index (χ1v) is 9.66. The molecule has 1 heterocycles. The van der Waals surface area contributed by atoms with Gasteiger partial charge in [-0.05, 0) is 47.9 Å². The largest absolute Gasteiger partial charge is 0.488 e. The van der Waals surface area contributed by atoms with Gasteiger partial charge in [-0.25, -0.2) is 4.39 Å². The molecule has 1 unspecified atom stereocenters. The Morgan fingerprint density at radius 3 is 2.54 bits per heavy atom. The topological polar surface area (TPSA) is 30.5 Å². The van der Waals surface area contributed by atoms with E-state index in [1.807, 2.05) is 60.7 Å². The van der Waals surface area contributed by atoms with Gasteiger partial charge in [0.1, 0.15) is 18.2 Å². The minimum Gasteiger partial charge on any atom is -0.488 e. The molecule has 3 aromatic carbocycles. The number of nitrogens with one attached hydrogen (secondary N) is 1. The summed E-state index contributed by atoms with van der Waals surface area (Å²) in [4.78, 5) is 0. The fourth-order valence-electron chi connectivity index (χ4n) is 3.47. The van der Waals surface area contributed by atoms with Crippen LogP contribution >= 0.6 is 0 Å². The van der Waals surface area contributed by atoms with E-state index < -0.39 is 0 Å². The summed E-state index contributed by atoms with van der Waals surface area (Å²) in [5.41, 5.74) is 3.83. The Morgan fingerprint density at radius 1 is 0.893 bits per heavy atom. The summed E-state index contributed by atoms with van der Waals surface area (Å²) in [6.45, 7) is 2.68. The molecule has 1 fully saturated rings. The number of halogens is 1. The first-order chi connectivity index (χ1) is 13.8. The molecule has 1 N–H and O–H groups in total. The van der Waals surface area contributed by atoms with Crippen molar-refractivity contribution in [3.63, 3.8) is 0 Å². The molecule has 0 aromatic heterocycles. The second-order valence-electron chi connectivity index (χ2n) is 7.00. The molecule has 4 rings (SSSR count). The third kappa shape index (κ3) is 4.58. The number of hydrogen-bond donors (Lipinski definition) is 1. The van der Waals surface area contributed by atoms with Crippen molar-refractivity contribution in [1.82, 2.24) is 5.32 Å². The number of benzene rings is 3. The van der Waals surface area contributed by atoms with Crippen LogP contribution in [0.3, 0.4) is 0 Å². The zero-order chi connectivity index (χ0) is 19.2. The summed E-state index contributed by atoms with van der Waals surface area (Å²) in [5, 5.41) is 3.29. The number of rotatable bonds is 7. The van der Waals surface area contributed by atoms with E-state index in [0.717, 1.165) is 47.5 Å². The van der Waals surface area contributed by atoms with E-state index in [1.165, 1.54) is 6.07 Å². The van der Waals surface area contributed by atoms with E-state index in [4.69, 9.17) is 9.47 Å². The highest BCUT2D eigenvalue weighted by molar-refractivity contribution is 5.73.